The first-order valence-electron chi connectivity index (χ1n) is 10.8. The Morgan fingerprint density at radius 1 is 1.30 bits per heavy atom. The van der Waals surface area contributed by atoms with E-state index in [0.29, 0.717) is 12.0 Å². The highest BCUT2D eigenvalue weighted by Crippen LogP contribution is 2.30. The van der Waals surface area contributed by atoms with Crippen molar-refractivity contribution in [1.82, 2.24) is 15.1 Å². The van der Waals surface area contributed by atoms with Crippen LogP contribution in [0.1, 0.15) is 20.3 Å². The second kappa shape index (κ2) is 13.6. The van der Waals surface area contributed by atoms with Gasteiger partial charge in [0.2, 0.25) is 0 Å². The topological polar surface area (TPSA) is 49.3 Å². The van der Waals surface area contributed by atoms with Crippen LogP contribution in [0.5, 0.6) is 5.75 Å². The van der Waals surface area contributed by atoms with Crippen molar-refractivity contribution in [3.63, 3.8) is 0 Å². The van der Waals surface area contributed by atoms with E-state index in [1.165, 1.54) is 11.3 Å². The van der Waals surface area contributed by atoms with Crippen molar-refractivity contribution >= 4 is 41.7 Å². The molecule has 2 fully saturated rings. The first-order valence-corrected chi connectivity index (χ1v) is 11.8. The number of methoxy groups -OCH3 is 1. The van der Waals surface area contributed by atoms with Crippen LogP contribution in [-0.2, 0) is 4.74 Å². The zero-order valence-corrected chi connectivity index (χ0v) is 21.7. The fraction of sp³-hybridized carbons (Fsp3) is 0.682. The molecule has 30 heavy (non-hydrogen) atoms. The van der Waals surface area contributed by atoms with Crippen molar-refractivity contribution in [1.29, 1.82) is 0 Å². The number of ether oxygens (including phenoxy) is 2. The first-order chi connectivity index (χ1) is 14.2. The van der Waals surface area contributed by atoms with E-state index in [1.54, 1.807) is 7.11 Å². The van der Waals surface area contributed by atoms with E-state index >= 15 is 0 Å². The van der Waals surface area contributed by atoms with Gasteiger partial charge in [-0.05, 0) is 31.4 Å². The number of aliphatic imine (C=N–C) groups is 1. The maximum Gasteiger partial charge on any atom is 0.193 e. The van der Waals surface area contributed by atoms with Gasteiger partial charge in [0.05, 0.1) is 20.3 Å². The van der Waals surface area contributed by atoms with E-state index in [9.17, 15) is 0 Å². The number of morpholine rings is 1. The Bertz CT molecular complexity index is 658. The molecule has 0 spiro atoms. The Hall–Kier alpha value is -0.710. The molecule has 8 heteroatoms. The van der Waals surface area contributed by atoms with Gasteiger partial charge < -0.3 is 19.7 Å². The molecule has 1 aromatic carbocycles. The number of benzene rings is 1. The first kappa shape index (κ1) is 25.5. The lowest BCUT2D eigenvalue weighted by atomic mass is 10.2. The highest BCUT2D eigenvalue weighted by Gasteiger charge is 2.30. The quantitative estimate of drug-likeness (QED) is 0.233. The van der Waals surface area contributed by atoms with Gasteiger partial charge in [-0.1, -0.05) is 19.1 Å². The van der Waals surface area contributed by atoms with Gasteiger partial charge in [0.15, 0.2) is 5.96 Å². The molecule has 2 unspecified atom stereocenters. The molecular weight excluding hydrogens is 511 g/mol. The van der Waals surface area contributed by atoms with E-state index in [0.717, 1.165) is 69.9 Å². The standard InChI is InChI=1S/C22H36N4O2S.HI/c1-4-23-22(26-10-9-19(16-26)25-11-13-28-14-12-25)24-15-18(2)17-29-21-8-6-5-7-20(21)27-3;/h5-8,18-19H,4,9-17H2,1-3H3,(H,23,24);1H. The average molecular weight is 549 g/mol. The summed E-state index contributed by atoms with van der Waals surface area (Å²) in [7, 11) is 1.73. The minimum absolute atomic E-state index is 0. The van der Waals surface area contributed by atoms with E-state index < -0.39 is 0 Å². The zero-order valence-electron chi connectivity index (χ0n) is 18.5. The third-order valence-corrected chi connectivity index (χ3v) is 6.89. The van der Waals surface area contributed by atoms with Crippen LogP contribution < -0.4 is 10.1 Å². The molecule has 2 saturated heterocycles. The number of nitrogens with zero attached hydrogens (tertiary/aromatic N) is 3. The fourth-order valence-electron chi connectivity index (χ4n) is 3.87. The second-order valence-corrected chi connectivity index (χ2v) is 8.86. The molecule has 0 radical (unpaired) electrons. The van der Waals surface area contributed by atoms with Gasteiger partial charge in [0.1, 0.15) is 5.75 Å². The third-order valence-electron chi connectivity index (χ3n) is 5.51. The molecular formula is C22H37IN4O2S. The summed E-state index contributed by atoms with van der Waals surface area (Å²) in [6, 6.07) is 8.85. The minimum atomic E-state index is 0. The normalized spacial score (nSPS) is 21.2. The third kappa shape index (κ3) is 7.46. The largest absolute Gasteiger partial charge is 0.496 e. The number of halogens is 1. The summed E-state index contributed by atoms with van der Waals surface area (Å²) >= 11 is 1.85. The number of nitrogens with one attached hydrogen (secondary N) is 1. The van der Waals surface area contributed by atoms with Crippen molar-refractivity contribution in [3.8, 4) is 5.75 Å². The lowest BCUT2D eigenvalue weighted by Gasteiger charge is -2.32. The molecule has 2 atom stereocenters. The number of thioether (sulfide) groups is 1. The molecule has 1 N–H and O–H groups in total. The van der Waals surface area contributed by atoms with Crippen LogP contribution in [-0.4, -0.2) is 87.1 Å². The Kier molecular flexibility index (Phi) is 11.6. The van der Waals surface area contributed by atoms with Gasteiger partial charge in [-0.15, -0.1) is 35.7 Å². The fourth-order valence-corrected chi connectivity index (χ4v) is 4.90. The number of hydrogen-bond donors (Lipinski definition) is 1. The van der Waals surface area contributed by atoms with Crippen LogP contribution in [0.4, 0.5) is 0 Å². The van der Waals surface area contributed by atoms with E-state index in [4.69, 9.17) is 14.5 Å². The zero-order chi connectivity index (χ0) is 20.5. The Morgan fingerprint density at radius 2 is 2.07 bits per heavy atom. The smallest absolute Gasteiger partial charge is 0.193 e. The van der Waals surface area contributed by atoms with Crippen LogP contribution in [0.25, 0.3) is 0 Å². The summed E-state index contributed by atoms with van der Waals surface area (Å²) in [6.07, 6.45) is 1.21. The Balaban J connectivity index is 0.00000320. The van der Waals surface area contributed by atoms with Crippen molar-refractivity contribution in [2.75, 3.05) is 65.3 Å². The second-order valence-electron chi connectivity index (χ2n) is 7.80. The minimum Gasteiger partial charge on any atom is -0.496 e. The van der Waals surface area contributed by atoms with Gasteiger partial charge in [-0.3, -0.25) is 9.89 Å². The van der Waals surface area contributed by atoms with Gasteiger partial charge in [0.25, 0.3) is 0 Å². The lowest BCUT2D eigenvalue weighted by Crippen LogP contribution is -2.46. The van der Waals surface area contributed by atoms with Gasteiger partial charge in [-0.2, -0.15) is 0 Å². The summed E-state index contributed by atoms with van der Waals surface area (Å²) in [6.45, 7) is 12.2. The number of rotatable bonds is 8. The van der Waals surface area contributed by atoms with Crippen LogP contribution >= 0.6 is 35.7 Å². The molecule has 3 rings (SSSR count). The highest BCUT2D eigenvalue weighted by atomic mass is 127. The summed E-state index contributed by atoms with van der Waals surface area (Å²) in [5, 5.41) is 3.50. The van der Waals surface area contributed by atoms with Crippen LogP contribution in [0, 0.1) is 5.92 Å². The van der Waals surface area contributed by atoms with Crippen molar-refractivity contribution < 1.29 is 9.47 Å². The maximum atomic E-state index is 5.51. The molecule has 1 aromatic rings. The number of guanidine groups is 1. The number of hydrogen-bond acceptors (Lipinski definition) is 5. The molecule has 0 saturated carbocycles. The highest BCUT2D eigenvalue weighted by molar-refractivity contribution is 14.0. The summed E-state index contributed by atoms with van der Waals surface area (Å²) < 4.78 is 11.0. The predicted molar refractivity (Wildman–Crippen MR) is 137 cm³/mol. The molecule has 0 aromatic heterocycles. The van der Waals surface area contributed by atoms with E-state index in [1.807, 2.05) is 23.9 Å². The SMILES string of the molecule is CCNC(=NCC(C)CSc1ccccc1OC)N1CCC(N2CCOCC2)C1.I. The number of para-hydroxylation sites is 1. The molecule has 0 bridgehead atoms. The van der Waals surface area contributed by atoms with E-state index in [-0.39, 0.29) is 24.0 Å². The van der Waals surface area contributed by atoms with Crippen LogP contribution in [0.2, 0.25) is 0 Å². The van der Waals surface area contributed by atoms with Crippen LogP contribution in [0.15, 0.2) is 34.2 Å². The van der Waals surface area contributed by atoms with Crippen molar-refractivity contribution in [2.45, 2.75) is 31.2 Å². The summed E-state index contributed by atoms with van der Waals surface area (Å²) in [5.74, 6) is 3.54. The summed E-state index contributed by atoms with van der Waals surface area (Å²) in [4.78, 5) is 11.2. The molecule has 170 valence electrons. The van der Waals surface area contributed by atoms with E-state index in [2.05, 4.69) is 41.1 Å². The lowest BCUT2D eigenvalue weighted by molar-refractivity contribution is 0.0195. The molecule has 0 amide bonds. The molecule has 2 heterocycles. The maximum absolute atomic E-state index is 5.51. The predicted octanol–water partition coefficient (Wildman–Crippen LogP) is 3.41. The van der Waals surface area contributed by atoms with Gasteiger partial charge >= 0.3 is 0 Å². The summed E-state index contributed by atoms with van der Waals surface area (Å²) in [5.41, 5.74) is 0. The molecule has 2 aliphatic heterocycles. The molecule has 0 aliphatic carbocycles. The van der Waals surface area contributed by atoms with Crippen LogP contribution in [0.3, 0.4) is 0 Å². The monoisotopic (exact) mass is 548 g/mol. The Labute approximate surface area is 203 Å². The van der Waals surface area contributed by atoms with Crippen molar-refractivity contribution in [3.05, 3.63) is 24.3 Å². The average Bonchev–Trinajstić information content (AvgIpc) is 3.26. The Morgan fingerprint density at radius 3 is 2.80 bits per heavy atom. The van der Waals surface area contributed by atoms with Gasteiger partial charge in [0, 0.05) is 56.0 Å². The molecule has 6 nitrogen and oxygen atoms in total. The van der Waals surface area contributed by atoms with Gasteiger partial charge in [-0.25, -0.2) is 0 Å². The van der Waals surface area contributed by atoms with Crippen molar-refractivity contribution in [2.24, 2.45) is 10.9 Å². The number of likely N-dealkylation sites (tertiary alicyclic amines) is 1. The molecule has 2 aliphatic rings.